The highest BCUT2D eigenvalue weighted by molar-refractivity contribution is 7.98. The van der Waals surface area contributed by atoms with Crippen molar-refractivity contribution in [1.82, 2.24) is 9.97 Å². The second-order valence-electron chi connectivity index (χ2n) is 4.48. The zero-order valence-corrected chi connectivity index (χ0v) is 12.1. The number of nitrogens with zero attached hydrogens (tertiary/aromatic N) is 3. The minimum atomic E-state index is 0.703. The normalized spacial score (nSPS) is 10.2. The molecule has 2 rings (SSSR count). The topological polar surface area (TPSA) is 49.6 Å². The summed E-state index contributed by atoms with van der Waals surface area (Å²) >= 11 is 1.62. The van der Waals surface area contributed by atoms with Crippen LogP contribution < -0.4 is 0 Å². The Bertz CT molecular complexity index is 624. The molecule has 0 N–H and O–H groups in total. The highest BCUT2D eigenvalue weighted by atomic mass is 32.2. The first-order valence-electron chi connectivity index (χ1n) is 6.03. The largest absolute Gasteiger partial charge is 0.228 e. The van der Waals surface area contributed by atoms with Crippen LogP contribution in [0.15, 0.2) is 29.4 Å². The second kappa shape index (κ2) is 5.85. The Kier molecular flexibility index (Phi) is 4.18. The van der Waals surface area contributed by atoms with Crippen LogP contribution in [-0.2, 0) is 5.75 Å². The van der Waals surface area contributed by atoms with Crippen LogP contribution in [0.5, 0.6) is 0 Å². The summed E-state index contributed by atoms with van der Waals surface area (Å²) in [6.45, 7) is 5.98. The van der Waals surface area contributed by atoms with Crippen molar-refractivity contribution >= 4 is 11.8 Å². The lowest BCUT2D eigenvalue weighted by Gasteiger charge is -2.06. The Labute approximate surface area is 117 Å². The van der Waals surface area contributed by atoms with Crippen molar-refractivity contribution in [2.45, 2.75) is 31.7 Å². The Hall–Kier alpha value is -1.86. The van der Waals surface area contributed by atoms with Crippen molar-refractivity contribution in [2.24, 2.45) is 0 Å². The molecular weight excluding hydrogens is 254 g/mol. The van der Waals surface area contributed by atoms with Gasteiger partial charge < -0.3 is 0 Å². The van der Waals surface area contributed by atoms with Crippen LogP contribution >= 0.6 is 11.8 Å². The summed E-state index contributed by atoms with van der Waals surface area (Å²) in [6, 6.07) is 9.89. The van der Waals surface area contributed by atoms with Gasteiger partial charge in [0, 0.05) is 17.1 Å². The molecule has 0 amide bonds. The number of benzene rings is 1. The Morgan fingerprint density at radius 3 is 2.37 bits per heavy atom. The van der Waals surface area contributed by atoms with Crippen LogP contribution in [-0.4, -0.2) is 9.97 Å². The van der Waals surface area contributed by atoms with E-state index in [0.717, 1.165) is 27.9 Å². The summed E-state index contributed by atoms with van der Waals surface area (Å²) in [5.74, 6) is 0.820. The van der Waals surface area contributed by atoms with Crippen molar-refractivity contribution in [3.63, 3.8) is 0 Å². The number of nitriles is 1. The summed E-state index contributed by atoms with van der Waals surface area (Å²) in [7, 11) is 0. The summed E-state index contributed by atoms with van der Waals surface area (Å²) in [5.41, 5.74) is 5.04. The number of thioether (sulfide) groups is 1. The van der Waals surface area contributed by atoms with E-state index >= 15 is 0 Å². The lowest BCUT2D eigenvalue weighted by molar-refractivity contribution is 0.901. The van der Waals surface area contributed by atoms with E-state index in [2.05, 4.69) is 16.0 Å². The average Bonchev–Trinajstić information content (AvgIpc) is 2.36. The third-order valence-corrected chi connectivity index (χ3v) is 3.69. The molecule has 19 heavy (non-hydrogen) atoms. The van der Waals surface area contributed by atoms with Crippen LogP contribution in [0.1, 0.15) is 28.1 Å². The SMILES string of the molecule is Cc1cc(C)nc(SCc2ccc(C#N)cc2C)n1. The first-order chi connectivity index (χ1) is 9.08. The molecule has 4 heteroatoms. The summed E-state index contributed by atoms with van der Waals surface area (Å²) in [5, 5.41) is 9.65. The maximum Gasteiger partial charge on any atom is 0.188 e. The van der Waals surface area contributed by atoms with Crippen LogP contribution in [0.4, 0.5) is 0 Å². The molecule has 1 aromatic heterocycles. The van der Waals surface area contributed by atoms with Gasteiger partial charge in [-0.05, 0) is 50.1 Å². The van der Waals surface area contributed by atoms with E-state index in [9.17, 15) is 0 Å². The summed E-state index contributed by atoms with van der Waals surface area (Å²) in [4.78, 5) is 8.82. The molecule has 2 aromatic rings. The third kappa shape index (κ3) is 3.55. The Morgan fingerprint density at radius 1 is 1.11 bits per heavy atom. The molecule has 96 valence electrons. The summed E-state index contributed by atoms with van der Waals surface area (Å²) in [6.07, 6.45) is 0. The van der Waals surface area contributed by atoms with Crippen molar-refractivity contribution in [3.8, 4) is 6.07 Å². The zero-order valence-electron chi connectivity index (χ0n) is 11.3. The smallest absolute Gasteiger partial charge is 0.188 e. The van der Waals surface area contributed by atoms with E-state index < -0.39 is 0 Å². The van der Waals surface area contributed by atoms with Gasteiger partial charge in [-0.1, -0.05) is 17.8 Å². The first kappa shape index (κ1) is 13.6. The van der Waals surface area contributed by atoms with E-state index in [1.54, 1.807) is 11.8 Å². The van der Waals surface area contributed by atoms with Gasteiger partial charge in [0.15, 0.2) is 5.16 Å². The molecule has 3 nitrogen and oxygen atoms in total. The van der Waals surface area contributed by atoms with Crippen molar-refractivity contribution < 1.29 is 0 Å². The molecule has 0 atom stereocenters. The van der Waals surface area contributed by atoms with Gasteiger partial charge in [0.1, 0.15) is 0 Å². The molecule has 0 unspecified atom stereocenters. The molecule has 0 aliphatic carbocycles. The fourth-order valence-corrected chi connectivity index (χ4v) is 2.85. The quantitative estimate of drug-likeness (QED) is 0.631. The number of hydrogen-bond acceptors (Lipinski definition) is 4. The lowest BCUT2D eigenvalue weighted by atomic mass is 10.1. The fourth-order valence-electron chi connectivity index (χ4n) is 1.83. The highest BCUT2D eigenvalue weighted by Gasteiger charge is 2.04. The van der Waals surface area contributed by atoms with E-state index in [4.69, 9.17) is 5.26 Å². The maximum absolute atomic E-state index is 8.85. The number of aromatic nitrogens is 2. The minimum absolute atomic E-state index is 0.703. The van der Waals surface area contributed by atoms with Crippen LogP contribution in [0.25, 0.3) is 0 Å². The first-order valence-corrected chi connectivity index (χ1v) is 7.02. The van der Waals surface area contributed by atoms with Crippen molar-refractivity contribution in [2.75, 3.05) is 0 Å². The molecule has 0 bridgehead atoms. The second-order valence-corrected chi connectivity index (χ2v) is 5.42. The van der Waals surface area contributed by atoms with Gasteiger partial charge in [0.25, 0.3) is 0 Å². The predicted molar refractivity (Wildman–Crippen MR) is 77.0 cm³/mol. The van der Waals surface area contributed by atoms with Gasteiger partial charge in [-0.2, -0.15) is 5.26 Å². The Morgan fingerprint density at radius 2 is 1.79 bits per heavy atom. The van der Waals surface area contributed by atoms with Gasteiger partial charge in [0.05, 0.1) is 11.6 Å². The van der Waals surface area contributed by atoms with Gasteiger partial charge in [-0.15, -0.1) is 0 Å². The van der Waals surface area contributed by atoms with Gasteiger partial charge in [-0.25, -0.2) is 9.97 Å². The Balaban J connectivity index is 2.12. The summed E-state index contributed by atoms with van der Waals surface area (Å²) < 4.78 is 0. The van der Waals surface area contributed by atoms with Crippen LogP contribution in [0.2, 0.25) is 0 Å². The van der Waals surface area contributed by atoms with Crippen molar-refractivity contribution in [3.05, 3.63) is 52.3 Å². The predicted octanol–water partition coefficient (Wildman–Crippen LogP) is 3.57. The molecule has 1 aromatic carbocycles. The highest BCUT2D eigenvalue weighted by Crippen LogP contribution is 2.22. The minimum Gasteiger partial charge on any atom is -0.228 e. The molecule has 1 heterocycles. The molecule has 0 fully saturated rings. The van der Waals surface area contributed by atoms with Crippen LogP contribution in [0, 0.1) is 32.1 Å². The molecular formula is C15H15N3S. The molecule has 0 spiro atoms. The van der Waals surface area contributed by atoms with E-state index in [1.807, 2.05) is 45.0 Å². The molecule has 0 aliphatic rings. The van der Waals surface area contributed by atoms with Gasteiger partial charge in [-0.3, -0.25) is 0 Å². The number of hydrogen-bond donors (Lipinski definition) is 0. The zero-order chi connectivity index (χ0) is 13.8. The van der Waals surface area contributed by atoms with E-state index in [-0.39, 0.29) is 0 Å². The molecule has 0 radical (unpaired) electrons. The average molecular weight is 269 g/mol. The molecule has 0 saturated heterocycles. The molecule has 0 saturated carbocycles. The number of rotatable bonds is 3. The van der Waals surface area contributed by atoms with E-state index in [1.165, 1.54) is 5.56 Å². The standard InChI is InChI=1S/C15H15N3S/c1-10-6-13(8-16)4-5-14(10)9-19-15-17-11(2)7-12(3)18-15/h4-7H,9H2,1-3H3. The van der Waals surface area contributed by atoms with Gasteiger partial charge >= 0.3 is 0 Å². The van der Waals surface area contributed by atoms with Crippen molar-refractivity contribution in [1.29, 1.82) is 5.26 Å². The molecule has 0 aliphatic heterocycles. The lowest BCUT2D eigenvalue weighted by Crippen LogP contribution is -1.94. The number of aryl methyl sites for hydroxylation is 3. The monoisotopic (exact) mass is 269 g/mol. The maximum atomic E-state index is 8.85. The van der Waals surface area contributed by atoms with E-state index in [0.29, 0.717) is 5.56 Å². The van der Waals surface area contributed by atoms with Gasteiger partial charge in [0.2, 0.25) is 0 Å². The van der Waals surface area contributed by atoms with Crippen LogP contribution in [0.3, 0.4) is 0 Å². The third-order valence-electron chi connectivity index (χ3n) is 2.79. The fraction of sp³-hybridized carbons (Fsp3) is 0.267.